The second kappa shape index (κ2) is 12.3. The number of halogens is 3. The SMILES string of the molecule is COc1ccc2c(OF)cc(-c3ccc(F)cc3)nc2c1.COc1ccc2c(OF)cc(-c3ccccc3)nc2c1. The predicted octanol–water partition coefficient (Wildman–Crippen LogP) is 8.49. The van der Waals surface area contributed by atoms with Crippen molar-refractivity contribution in [3.63, 3.8) is 0 Å². The van der Waals surface area contributed by atoms with Gasteiger partial charge >= 0.3 is 0 Å². The maximum absolute atomic E-state index is 13.0. The minimum atomic E-state index is -0.344. The normalized spacial score (nSPS) is 10.6. The van der Waals surface area contributed by atoms with Crippen LogP contribution in [0, 0.1) is 5.82 Å². The fourth-order valence-electron chi connectivity index (χ4n) is 4.26. The first kappa shape index (κ1) is 27.3. The third kappa shape index (κ3) is 5.99. The zero-order valence-electron chi connectivity index (χ0n) is 22.0. The lowest BCUT2D eigenvalue weighted by atomic mass is 10.1. The number of hydrogen-bond donors (Lipinski definition) is 0. The Labute approximate surface area is 233 Å². The molecule has 0 atom stereocenters. The van der Waals surface area contributed by atoms with E-state index in [9.17, 15) is 13.4 Å². The molecule has 0 bridgehead atoms. The van der Waals surface area contributed by atoms with Crippen molar-refractivity contribution in [3.05, 3.63) is 109 Å². The van der Waals surface area contributed by atoms with Crippen LogP contribution in [0.1, 0.15) is 0 Å². The first-order valence-corrected chi connectivity index (χ1v) is 12.4. The van der Waals surface area contributed by atoms with Gasteiger partial charge in [-0.05, 0) is 48.5 Å². The Kier molecular flexibility index (Phi) is 8.15. The summed E-state index contributed by atoms with van der Waals surface area (Å²) in [7, 11) is 3.12. The van der Waals surface area contributed by atoms with Crippen LogP contribution < -0.4 is 19.4 Å². The number of pyridine rings is 2. The van der Waals surface area contributed by atoms with Crippen LogP contribution in [0.2, 0.25) is 0 Å². The van der Waals surface area contributed by atoms with Gasteiger partial charge in [-0.3, -0.25) is 9.88 Å². The lowest BCUT2D eigenvalue weighted by Crippen LogP contribution is -1.91. The van der Waals surface area contributed by atoms with E-state index in [1.54, 1.807) is 61.7 Å². The number of fused-ring (bicyclic) bond motifs is 2. The van der Waals surface area contributed by atoms with Crippen molar-refractivity contribution in [3.8, 4) is 45.5 Å². The molecule has 0 aliphatic carbocycles. The summed E-state index contributed by atoms with van der Waals surface area (Å²) in [5, 5.41) is 1.14. The van der Waals surface area contributed by atoms with Gasteiger partial charge in [0, 0.05) is 55.2 Å². The van der Waals surface area contributed by atoms with Gasteiger partial charge < -0.3 is 9.47 Å². The molecule has 4 aromatic carbocycles. The topological polar surface area (TPSA) is 62.7 Å². The van der Waals surface area contributed by atoms with Crippen molar-refractivity contribution in [1.29, 1.82) is 0 Å². The molecule has 0 amide bonds. The van der Waals surface area contributed by atoms with Gasteiger partial charge in [0.15, 0.2) is 11.5 Å². The fourth-order valence-corrected chi connectivity index (χ4v) is 4.26. The highest BCUT2D eigenvalue weighted by atomic mass is 19.3. The Bertz CT molecular complexity index is 1800. The van der Waals surface area contributed by atoms with Gasteiger partial charge in [0.1, 0.15) is 17.3 Å². The van der Waals surface area contributed by atoms with Gasteiger partial charge in [0.25, 0.3) is 0 Å². The molecule has 0 aliphatic heterocycles. The molecule has 0 N–H and O–H groups in total. The molecule has 2 aromatic heterocycles. The number of aromatic nitrogens is 2. The Morgan fingerprint density at radius 1 is 0.537 bits per heavy atom. The van der Waals surface area contributed by atoms with Crippen LogP contribution >= 0.6 is 0 Å². The molecule has 0 unspecified atom stereocenters. The molecule has 0 spiro atoms. The zero-order chi connectivity index (χ0) is 28.8. The smallest absolute Gasteiger partial charge is 0.183 e. The van der Waals surface area contributed by atoms with Crippen LogP contribution in [0.4, 0.5) is 13.4 Å². The first-order chi connectivity index (χ1) is 20.0. The maximum atomic E-state index is 13.0. The van der Waals surface area contributed by atoms with Gasteiger partial charge in [-0.15, -0.1) is 0 Å². The van der Waals surface area contributed by atoms with Gasteiger partial charge in [-0.1, -0.05) is 30.3 Å². The molecular weight excluding hydrogens is 533 g/mol. The summed E-state index contributed by atoms with van der Waals surface area (Å²) in [5.41, 5.74) is 3.86. The minimum absolute atomic E-state index is 0.0574. The van der Waals surface area contributed by atoms with E-state index in [0.29, 0.717) is 50.3 Å². The van der Waals surface area contributed by atoms with E-state index in [1.807, 2.05) is 30.3 Å². The molecule has 6 aromatic rings. The molecule has 9 heteroatoms. The second-order valence-electron chi connectivity index (χ2n) is 8.80. The standard InChI is InChI=1S/C16H11F2NO2.C16H12FNO2/c1-20-12-6-7-13-15(8-12)19-14(9-16(13)21-18)10-2-4-11(17)5-3-10;1-19-12-7-8-13-15(9-12)18-14(10-16(13)20-17)11-5-3-2-4-6-11/h2-9H,1H3;2-10H,1H3. The van der Waals surface area contributed by atoms with Crippen LogP contribution in [0.25, 0.3) is 44.3 Å². The monoisotopic (exact) mass is 556 g/mol. The quantitative estimate of drug-likeness (QED) is 0.205. The van der Waals surface area contributed by atoms with Crippen molar-refractivity contribution in [2.45, 2.75) is 0 Å². The Morgan fingerprint density at radius 3 is 1.44 bits per heavy atom. The third-order valence-electron chi connectivity index (χ3n) is 6.33. The maximum Gasteiger partial charge on any atom is 0.183 e. The van der Waals surface area contributed by atoms with Crippen LogP contribution in [0.3, 0.4) is 0 Å². The number of hydrogen-bond acceptors (Lipinski definition) is 6. The average molecular weight is 557 g/mol. The van der Waals surface area contributed by atoms with E-state index in [4.69, 9.17) is 9.47 Å². The summed E-state index contributed by atoms with van der Waals surface area (Å²) in [6.45, 7) is 0. The van der Waals surface area contributed by atoms with Crippen molar-refractivity contribution in [2.75, 3.05) is 14.2 Å². The van der Waals surface area contributed by atoms with Gasteiger partial charge in [0.05, 0.1) is 36.6 Å². The average Bonchev–Trinajstić information content (AvgIpc) is 3.04. The number of nitrogens with zero attached hydrogens (tertiary/aromatic N) is 2. The van der Waals surface area contributed by atoms with Crippen LogP contribution in [-0.4, -0.2) is 24.2 Å². The molecule has 206 valence electrons. The predicted molar refractivity (Wildman–Crippen MR) is 151 cm³/mol. The summed E-state index contributed by atoms with van der Waals surface area (Å²) in [6.07, 6.45) is 0. The molecule has 2 heterocycles. The van der Waals surface area contributed by atoms with Gasteiger partial charge in [0.2, 0.25) is 0 Å². The van der Waals surface area contributed by atoms with Crippen molar-refractivity contribution in [1.82, 2.24) is 9.97 Å². The van der Waals surface area contributed by atoms with E-state index in [0.717, 1.165) is 5.56 Å². The second-order valence-corrected chi connectivity index (χ2v) is 8.80. The largest absolute Gasteiger partial charge is 0.497 e. The molecule has 0 saturated carbocycles. The molecule has 0 fully saturated rings. The first-order valence-electron chi connectivity index (χ1n) is 12.4. The highest BCUT2D eigenvalue weighted by Gasteiger charge is 2.12. The number of methoxy groups -OCH3 is 2. The van der Waals surface area contributed by atoms with E-state index >= 15 is 0 Å². The van der Waals surface area contributed by atoms with Crippen molar-refractivity contribution >= 4 is 21.8 Å². The Morgan fingerprint density at radius 2 is 1.00 bits per heavy atom. The van der Waals surface area contributed by atoms with Crippen molar-refractivity contribution < 1.29 is 32.8 Å². The molecule has 41 heavy (non-hydrogen) atoms. The van der Waals surface area contributed by atoms with Crippen molar-refractivity contribution in [2.24, 2.45) is 0 Å². The third-order valence-corrected chi connectivity index (χ3v) is 6.33. The fraction of sp³-hybridized carbons (Fsp3) is 0.0625. The molecule has 0 radical (unpaired) electrons. The summed E-state index contributed by atoms with van der Waals surface area (Å²) in [4.78, 5) is 16.9. The Balaban J connectivity index is 0.000000165. The highest BCUT2D eigenvalue weighted by molar-refractivity contribution is 5.89. The number of benzene rings is 4. The van der Waals surface area contributed by atoms with E-state index in [2.05, 4.69) is 19.9 Å². The van der Waals surface area contributed by atoms with E-state index in [1.165, 1.54) is 25.3 Å². The van der Waals surface area contributed by atoms with E-state index < -0.39 is 0 Å². The van der Waals surface area contributed by atoms with Crippen LogP contribution in [0.5, 0.6) is 23.0 Å². The zero-order valence-corrected chi connectivity index (χ0v) is 22.0. The summed E-state index contributed by atoms with van der Waals surface area (Å²) in [6, 6.07) is 28.7. The molecule has 6 nitrogen and oxygen atoms in total. The van der Waals surface area contributed by atoms with Crippen LogP contribution in [0.15, 0.2) is 103 Å². The molecule has 6 rings (SSSR count). The highest BCUT2D eigenvalue weighted by Crippen LogP contribution is 2.33. The van der Waals surface area contributed by atoms with E-state index in [-0.39, 0.29) is 17.3 Å². The van der Waals surface area contributed by atoms with Crippen LogP contribution in [-0.2, 0) is 0 Å². The lowest BCUT2D eigenvalue weighted by molar-refractivity contribution is -0.00424. The molecule has 0 aliphatic rings. The van der Waals surface area contributed by atoms with Gasteiger partial charge in [-0.2, -0.15) is 0 Å². The lowest BCUT2D eigenvalue weighted by Gasteiger charge is -2.08. The Hall–Kier alpha value is -5.31. The molecule has 0 saturated heterocycles. The summed E-state index contributed by atoms with van der Waals surface area (Å²) >= 11 is 0. The number of ether oxygens (including phenoxy) is 2. The minimum Gasteiger partial charge on any atom is -0.497 e. The summed E-state index contributed by atoms with van der Waals surface area (Å²) < 4.78 is 48.8. The number of rotatable bonds is 6. The summed E-state index contributed by atoms with van der Waals surface area (Å²) in [5.74, 6) is 1.14. The molecular formula is C32H23F3N2O4. The van der Waals surface area contributed by atoms with Gasteiger partial charge in [-0.25, -0.2) is 14.4 Å².